The van der Waals surface area contributed by atoms with Crippen molar-refractivity contribution < 1.29 is 14.7 Å². The van der Waals surface area contributed by atoms with Crippen molar-refractivity contribution in [3.63, 3.8) is 0 Å². The van der Waals surface area contributed by atoms with Gasteiger partial charge in [0.2, 0.25) is 0 Å². The molecule has 2 heterocycles. The zero-order valence-corrected chi connectivity index (χ0v) is 12.2. The van der Waals surface area contributed by atoms with E-state index in [4.69, 9.17) is 5.11 Å². The Morgan fingerprint density at radius 3 is 3.00 bits per heavy atom. The van der Waals surface area contributed by atoms with Gasteiger partial charge in [-0.25, -0.2) is 9.48 Å². The van der Waals surface area contributed by atoms with Gasteiger partial charge in [0.1, 0.15) is 12.2 Å². The van der Waals surface area contributed by atoms with Crippen molar-refractivity contribution in [2.45, 2.75) is 19.6 Å². The number of carboxylic acid groups (broad SMARTS) is 1. The molecular weight excluding hydrogens is 294 g/mol. The van der Waals surface area contributed by atoms with Gasteiger partial charge in [0.15, 0.2) is 0 Å². The average Bonchev–Trinajstić information content (AvgIpc) is 3.07. The third-order valence-electron chi connectivity index (χ3n) is 2.65. The number of nitrogens with zero attached hydrogens (tertiary/aromatic N) is 4. The van der Waals surface area contributed by atoms with Gasteiger partial charge in [-0.1, -0.05) is 5.21 Å². The minimum absolute atomic E-state index is 0.201. The topological polar surface area (TPSA) is 100 Å². The summed E-state index contributed by atoms with van der Waals surface area (Å²) < 4.78 is 1.21. The Balaban J connectivity index is 1.80. The molecule has 0 aliphatic carbocycles. The van der Waals surface area contributed by atoms with Crippen molar-refractivity contribution in [2.24, 2.45) is 0 Å². The fraction of sp³-hybridized carbons (Fsp3) is 0.333. The van der Waals surface area contributed by atoms with Crippen LogP contribution in [0.15, 0.2) is 23.0 Å². The zero-order valence-electron chi connectivity index (χ0n) is 11.4. The molecule has 112 valence electrons. The van der Waals surface area contributed by atoms with Crippen LogP contribution in [0.25, 0.3) is 0 Å². The van der Waals surface area contributed by atoms with E-state index < -0.39 is 5.97 Å². The largest absolute Gasteiger partial charge is 0.480 e. The lowest BCUT2D eigenvalue weighted by Crippen LogP contribution is -2.36. The van der Waals surface area contributed by atoms with E-state index in [1.54, 1.807) is 23.3 Å². The quantitative estimate of drug-likeness (QED) is 0.820. The van der Waals surface area contributed by atoms with Crippen LogP contribution >= 0.6 is 11.3 Å². The fourth-order valence-corrected chi connectivity index (χ4v) is 2.32. The molecule has 0 saturated heterocycles. The lowest BCUT2D eigenvalue weighted by atomic mass is 10.3. The van der Waals surface area contributed by atoms with Crippen LogP contribution in [0, 0.1) is 0 Å². The van der Waals surface area contributed by atoms with E-state index in [2.05, 4.69) is 15.6 Å². The third-order valence-corrected chi connectivity index (χ3v) is 3.38. The van der Waals surface area contributed by atoms with E-state index in [1.807, 2.05) is 16.8 Å². The van der Waals surface area contributed by atoms with Crippen LogP contribution in [0.5, 0.6) is 0 Å². The first kappa shape index (κ1) is 15.0. The number of rotatable bonds is 6. The highest BCUT2D eigenvalue weighted by atomic mass is 32.1. The fourth-order valence-electron chi connectivity index (χ4n) is 1.66. The number of carboxylic acids is 1. The maximum absolute atomic E-state index is 11.9. The Labute approximate surface area is 125 Å². The van der Waals surface area contributed by atoms with E-state index in [0.29, 0.717) is 12.2 Å². The summed E-state index contributed by atoms with van der Waals surface area (Å²) in [6.45, 7) is 0.479. The Kier molecular flexibility index (Phi) is 4.88. The van der Waals surface area contributed by atoms with Crippen LogP contribution in [0.3, 0.4) is 0 Å². The average molecular weight is 309 g/mol. The first-order chi connectivity index (χ1) is 10.0. The first-order valence-corrected chi connectivity index (χ1v) is 7.09. The summed E-state index contributed by atoms with van der Waals surface area (Å²) in [7, 11) is 1.70. The Hall–Kier alpha value is -2.42. The van der Waals surface area contributed by atoms with Crippen LogP contribution < -0.4 is 5.32 Å². The molecule has 0 radical (unpaired) electrons. The summed E-state index contributed by atoms with van der Waals surface area (Å²) in [5, 5.41) is 22.7. The second-order valence-electron chi connectivity index (χ2n) is 4.45. The predicted molar refractivity (Wildman–Crippen MR) is 75.7 cm³/mol. The van der Waals surface area contributed by atoms with Gasteiger partial charge < -0.3 is 15.3 Å². The highest BCUT2D eigenvalue weighted by Gasteiger charge is 2.10. The summed E-state index contributed by atoms with van der Waals surface area (Å²) in [4.78, 5) is 24.0. The maximum Gasteiger partial charge on any atom is 0.325 e. The number of nitrogens with one attached hydrogen (secondary N) is 1. The molecule has 0 aliphatic rings. The van der Waals surface area contributed by atoms with Gasteiger partial charge >= 0.3 is 12.0 Å². The van der Waals surface area contributed by atoms with E-state index in [9.17, 15) is 9.59 Å². The van der Waals surface area contributed by atoms with E-state index >= 15 is 0 Å². The van der Waals surface area contributed by atoms with Crippen LogP contribution in [0.2, 0.25) is 0 Å². The first-order valence-electron chi connectivity index (χ1n) is 6.15. The molecule has 2 N–H and O–H groups in total. The second-order valence-corrected chi connectivity index (χ2v) is 5.23. The normalized spacial score (nSPS) is 10.3. The Bertz CT molecular complexity index is 610. The molecular formula is C12H15N5O3S. The van der Waals surface area contributed by atoms with Crippen molar-refractivity contribution in [3.8, 4) is 0 Å². The minimum atomic E-state index is -0.994. The van der Waals surface area contributed by atoms with Gasteiger partial charge in [-0.2, -0.15) is 11.3 Å². The summed E-state index contributed by atoms with van der Waals surface area (Å²) in [5.41, 5.74) is 1.58. The van der Waals surface area contributed by atoms with Crippen LogP contribution in [-0.4, -0.2) is 44.0 Å². The van der Waals surface area contributed by atoms with Gasteiger partial charge in [-0.05, 0) is 22.4 Å². The number of hydrogen-bond acceptors (Lipinski definition) is 5. The summed E-state index contributed by atoms with van der Waals surface area (Å²) >= 11 is 1.58. The molecule has 0 saturated carbocycles. The predicted octanol–water partition coefficient (Wildman–Crippen LogP) is 0.766. The molecule has 2 aromatic rings. The lowest BCUT2D eigenvalue weighted by molar-refractivity contribution is -0.137. The van der Waals surface area contributed by atoms with Crippen LogP contribution in [0.4, 0.5) is 4.79 Å². The Morgan fingerprint density at radius 1 is 1.52 bits per heavy atom. The number of carbonyl (C=O) groups is 2. The molecule has 0 spiro atoms. The minimum Gasteiger partial charge on any atom is -0.480 e. The molecule has 0 unspecified atom stereocenters. The standard InChI is InChI=1S/C12H15N5O3S/c1-16(5-9-2-3-21-8-9)12(20)13-4-10-6-17(15-14-10)7-11(18)19/h2-3,6,8H,4-5,7H2,1H3,(H,13,20)(H,18,19). The Morgan fingerprint density at radius 2 is 2.33 bits per heavy atom. The van der Waals surface area contributed by atoms with Gasteiger partial charge in [-0.3, -0.25) is 4.79 Å². The smallest absolute Gasteiger partial charge is 0.325 e. The molecule has 21 heavy (non-hydrogen) atoms. The number of thiophene rings is 1. The van der Waals surface area contributed by atoms with Crippen molar-refractivity contribution in [3.05, 3.63) is 34.3 Å². The molecule has 0 fully saturated rings. The number of hydrogen-bond donors (Lipinski definition) is 2. The van der Waals surface area contributed by atoms with E-state index in [0.717, 1.165) is 5.56 Å². The van der Waals surface area contributed by atoms with Crippen LogP contribution in [0.1, 0.15) is 11.3 Å². The molecule has 8 nitrogen and oxygen atoms in total. The van der Waals surface area contributed by atoms with Gasteiger partial charge in [-0.15, -0.1) is 5.10 Å². The molecule has 9 heteroatoms. The summed E-state index contributed by atoms with van der Waals surface area (Å²) in [6.07, 6.45) is 1.49. The van der Waals surface area contributed by atoms with Gasteiger partial charge in [0.05, 0.1) is 12.7 Å². The molecule has 2 rings (SSSR count). The number of aromatic nitrogens is 3. The van der Waals surface area contributed by atoms with Crippen molar-refractivity contribution in [1.29, 1.82) is 0 Å². The van der Waals surface area contributed by atoms with Crippen molar-refractivity contribution in [2.75, 3.05) is 7.05 Å². The highest BCUT2D eigenvalue weighted by Crippen LogP contribution is 2.08. The number of amides is 2. The third kappa shape index (κ3) is 4.56. The van der Waals surface area contributed by atoms with Gasteiger partial charge in [0.25, 0.3) is 0 Å². The van der Waals surface area contributed by atoms with Crippen molar-refractivity contribution >= 4 is 23.3 Å². The molecule has 0 aromatic carbocycles. The molecule has 0 aliphatic heterocycles. The molecule has 2 amide bonds. The SMILES string of the molecule is CN(Cc1ccsc1)C(=O)NCc1cn(CC(=O)O)nn1. The molecule has 2 aromatic heterocycles. The number of urea groups is 1. The van der Waals surface area contributed by atoms with Gasteiger partial charge in [0, 0.05) is 13.6 Å². The number of aliphatic carboxylic acids is 1. The monoisotopic (exact) mass is 309 g/mol. The number of carbonyl (C=O) groups excluding carboxylic acids is 1. The molecule has 0 atom stereocenters. The zero-order chi connectivity index (χ0) is 15.2. The molecule has 0 bridgehead atoms. The van der Waals surface area contributed by atoms with E-state index in [-0.39, 0.29) is 19.1 Å². The highest BCUT2D eigenvalue weighted by molar-refractivity contribution is 7.07. The van der Waals surface area contributed by atoms with Crippen LogP contribution in [-0.2, 0) is 24.4 Å². The summed E-state index contributed by atoms with van der Waals surface area (Å²) in [6, 6.07) is 1.74. The van der Waals surface area contributed by atoms with E-state index in [1.165, 1.54) is 10.9 Å². The second kappa shape index (κ2) is 6.84. The lowest BCUT2D eigenvalue weighted by Gasteiger charge is -2.16. The summed E-state index contributed by atoms with van der Waals surface area (Å²) in [5.74, 6) is -0.994. The maximum atomic E-state index is 11.9. The van der Waals surface area contributed by atoms with Crippen molar-refractivity contribution in [1.82, 2.24) is 25.2 Å².